The Hall–Kier alpha value is -1.42. The number of hydrogen-bond acceptors (Lipinski definition) is 4. The molecule has 0 unspecified atom stereocenters. The van der Waals surface area contributed by atoms with Crippen LogP contribution in [0.3, 0.4) is 0 Å². The molecule has 12 heavy (non-hydrogen) atoms. The van der Waals surface area contributed by atoms with Gasteiger partial charge in [-0.05, 0) is 11.6 Å². The predicted molar refractivity (Wildman–Crippen MR) is 47.0 cm³/mol. The molecule has 66 valence electrons. The summed E-state index contributed by atoms with van der Waals surface area (Å²) < 4.78 is 4.88. The lowest BCUT2D eigenvalue weighted by Crippen LogP contribution is -2.01. The molecule has 0 aliphatic heterocycles. The van der Waals surface area contributed by atoms with Gasteiger partial charge < -0.3 is 21.3 Å². The molecule has 4 nitrogen and oxygen atoms in total. The third-order valence-electron chi connectivity index (χ3n) is 1.66. The van der Waals surface area contributed by atoms with Crippen molar-refractivity contribution in [3.63, 3.8) is 0 Å². The first-order chi connectivity index (χ1) is 5.69. The van der Waals surface area contributed by atoms with Crippen molar-refractivity contribution >= 4 is 5.69 Å². The van der Waals surface area contributed by atoms with Crippen molar-refractivity contribution in [2.45, 2.75) is 6.54 Å². The van der Waals surface area contributed by atoms with E-state index in [1.165, 1.54) is 13.2 Å². The van der Waals surface area contributed by atoms with Crippen molar-refractivity contribution in [2.24, 2.45) is 5.73 Å². The quantitative estimate of drug-likeness (QED) is 0.560. The first-order valence-electron chi connectivity index (χ1n) is 3.54. The second-order valence-electron chi connectivity index (χ2n) is 2.43. The molecule has 4 heteroatoms. The van der Waals surface area contributed by atoms with Crippen LogP contribution in [0.15, 0.2) is 12.1 Å². The SMILES string of the molecule is COc1cc(CN)c(N)cc1O. The van der Waals surface area contributed by atoms with E-state index < -0.39 is 0 Å². The van der Waals surface area contributed by atoms with E-state index in [4.69, 9.17) is 16.2 Å². The number of anilines is 1. The number of methoxy groups -OCH3 is 1. The van der Waals surface area contributed by atoms with Crippen LogP contribution in [-0.2, 0) is 6.54 Å². The van der Waals surface area contributed by atoms with Gasteiger partial charge in [-0.15, -0.1) is 0 Å². The third kappa shape index (κ3) is 1.43. The summed E-state index contributed by atoms with van der Waals surface area (Å²) in [5.74, 6) is 0.428. The minimum atomic E-state index is 0.0344. The molecule has 0 aliphatic rings. The Labute approximate surface area is 70.7 Å². The van der Waals surface area contributed by atoms with Gasteiger partial charge in [0, 0.05) is 18.3 Å². The van der Waals surface area contributed by atoms with Gasteiger partial charge in [-0.2, -0.15) is 0 Å². The highest BCUT2D eigenvalue weighted by molar-refractivity contribution is 5.57. The Morgan fingerprint density at radius 1 is 1.50 bits per heavy atom. The number of hydrogen-bond donors (Lipinski definition) is 3. The minimum absolute atomic E-state index is 0.0344. The normalized spacial score (nSPS) is 9.83. The molecule has 1 aromatic rings. The average Bonchev–Trinajstić information content (AvgIpc) is 2.05. The fraction of sp³-hybridized carbons (Fsp3) is 0.250. The van der Waals surface area contributed by atoms with Gasteiger partial charge in [-0.3, -0.25) is 0 Å². The van der Waals surface area contributed by atoms with Crippen LogP contribution in [0.2, 0.25) is 0 Å². The summed E-state index contributed by atoms with van der Waals surface area (Å²) in [5.41, 5.74) is 12.2. The maximum absolute atomic E-state index is 9.27. The summed E-state index contributed by atoms with van der Waals surface area (Å²) in [6.07, 6.45) is 0. The zero-order chi connectivity index (χ0) is 9.14. The fourth-order valence-electron chi connectivity index (χ4n) is 0.967. The fourth-order valence-corrected chi connectivity index (χ4v) is 0.967. The number of phenols is 1. The lowest BCUT2D eigenvalue weighted by Gasteiger charge is -2.07. The Morgan fingerprint density at radius 3 is 2.67 bits per heavy atom. The summed E-state index contributed by atoms with van der Waals surface area (Å²) >= 11 is 0. The molecule has 5 N–H and O–H groups in total. The Kier molecular flexibility index (Phi) is 2.40. The van der Waals surface area contributed by atoms with Crippen LogP contribution < -0.4 is 16.2 Å². The van der Waals surface area contributed by atoms with Gasteiger partial charge in [0.2, 0.25) is 0 Å². The predicted octanol–water partition coefficient (Wildman–Crippen LogP) is 0.442. The largest absolute Gasteiger partial charge is 0.504 e. The van der Waals surface area contributed by atoms with E-state index in [0.717, 1.165) is 5.56 Å². The van der Waals surface area contributed by atoms with E-state index in [1.807, 2.05) is 0 Å². The molecule has 0 aromatic heterocycles. The molecule has 0 spiro atoms. The highest BCUT2D eigenvalue weighted by Gasteiger charge is 2.05. The molecule has 1 aromatic carbocycles. The number of nitrogens with two attached hydrogens (primary N) is 2. The van der Waals surface area contributed by atoms with Crippen molar-refractivity contribution in [2.75, 3.05) is 12.8 Å². The van der Waals surface area contributed by atoms with E-state index in [1.54, 1.807) is 6.07 Å². The van der Waals surface area contributed by atoms with Gasteiger partial charge in [0.15, 0.2) is 11.5 Å². The zero-order valence-electron chi connectivity index (χ0n) is 6.87. The summed E-state index contributed by atoms with van der Waals surface area (Å²) in [5, 5.41) is 9.27. The topological polar surface area (TPSA) is 81.5 Å². The lowest BCUT2D eigenvalue weighted by molar-refractivity contribution is 0.373. The molecule has 0 heterocycles. The first kappa shape index (κ1) is 8.67. The van der Waals surface area contributed by atoms with Crippen LogP contribution in [0.25, 0.3) is 0 Å². The van der Waals surface area contributed by atoms with E-state index in [-0.39, 0.29) is 5.75 Å². The van der Waals surface area contributed by atoms with Crippen molar-refractivity contribution in [1.29, 1.82) is 0 Å². The highest BCUT2D eigenvalue weighted by atomic mass is 16.5. The monoisotopic (exact) mass is 168 g/mol. The standard InChI is InChI=1S/C8H12N2O2/c1-12-8-2-5(4-9)6(10)3-7(8)11/h2-3,11H,4,9-10H2,1H3. The van der Waals surface area contributed by atoms with Crippen molar-refractivity contribution in [1.82, 2.24) is 0 Å². The maximum Gasteiger partial charge on any atom is 0.160 e. The second-order valence-corrected chi connectivity index (χ2v) is 2.43. The van der Waals surface area contributed by atoms with Crippen LogP contribution >= 0.6 is 0 Å². The van der Waals surface area contributed by atoms with E-state index >= 15 is 0 Å². The Morgan fingerprint density at radius 2 is 2.17 bits per heavy atom. The van der Waals surface area contributed by atoms with E-state index in [0.29, 0.717) is 18.0 Å². The van der Waals surface area contributed by atoms with Crippen LogP contribution in [0, 0.1) is 0 Å². The Balaban J connectivity index is 3.18. The van der Waals surface area contributed by atoms with Crippen LogP contribution in [-0.4, -0.2) is 12.2 Å². The van der Waals surface area contributed by atoms with Gasteiger partial charge >= 0.3 is 0 Å². The molecule has 0 atom stereocenters. The third-order valence-corrected chi connectivity index (χ3v) is 1.66. The van der Waals surface area contributed by atoms with Crippen molar-refractivity contribution < 1.29 is 9.84 Å². The number of benzene rings is 1. The summed E-state index contributed by atoms with van der Waals surface area (Å²) in [6, 6.07) is 3.06. The number of rotatable bonds is 2. The smallest absolute Gasteiger partial charge is 0.160 e. The molecule has 0 saturated heterocycles. The van der Waals surface area contributed by atoms with Gasteiger partial charge in [-0.25, -0.2) is 0 Å². The highest BCUT2D eigenvalue weighted by Crippen LogP contribution is 2.30. The van der Waals surface area contributed by atoms with Crippen molar-refractivity contribution in [3.8, 4) is 11.5 Å². The van der Waals surface area contributed by atoms with Crippen LogP contribution in [0.5, 0.6) is 11.5 Å². The Bertz CT molecular complexity index is 261. The lowest BCUT2D eigenvalue weighted by atomic mass is 10.1. The van der Waals surface area contributed by atoms with E-state index in [9.17, 15) is 5.11 Å². The van der Waals surface area contributed by atoms with Gasteiger partial charge in [-0.1, -0.05) is 0 Å². The summed E-state index contributed by atoms with van der Waals surface area (Å²) in [7, 11) is 1.48. The number of phenolic OH excluding ortho intramolecular Hbond substituents is 1. The molecular formula is C8H12N2O2. The average molecular weight is 168 g/mol. The summed E-state index contributed by atoms with van der Waals surface area (Å²) in [6.45, 7) is 0.336. The maximum atomic E-state index is 9.27. The molecular weight excluding hydrogens is 156 g/mol. The number of nitrogen functional groups attached to an aromatic ring is 1. The molecule has 1 rings (SSSR count). The minimum Gasteiger partial charge on any atom is -0.504 e. The van der Waals surface area contributed by atoms with Crippen molar-refractivity contribution in [3.05, 3.63) is 17.7 Å². The van der Waals surface area contributed by atoms with Gasteiger partial charge in [0.25, 0.3) is 0 Å². The van der Waals surface area contributed by atoms with E-state index in [2.05, 4.69) is 0 Å². The molecule has 0 saturated carbocycles. The van der Waals surface area contributed by atoms with Crippen LogP contribution in [0.4, 0.5) is 5.69 Å². The van der Waals surface area contributed by atoms with Gasteiger partial charge in [0.05, 0.1) is 7.11 Å². The number of aromatic hydroxyl groups is 1. The van der Waals surface area contributed by atoms with Crippen LogP contribution in [0.1, 0.15) is 5.56 Å². The molecule has 0 radical (unpaired) electrons. The first-order valence-corrected chi connectivity index (χ1v) is 3.54. The second kappa shape index (κ2) is 3.32. The zero-order valence-corrected chi connectivity index (χ0v) is 6.87. The molecule has 0 bridgehead atoms. The summed E-state index contributed by atoms with van der Waals surface area (Å²) in [4.78, 5) is 0. The molecule has 0 fully saturated rings. The number of ether oxygens (including phenoxy) is 1. The molecule has 0 amide bonds. The molecule has 0 aliphatic carbocycles. The van der Waals surface area contributed by atoms with Gasteiger partial charge in [0.1, 0.15) is 0 Å².